The molecule has 12 heavy (non-hydrogen) atoms. The Bertz CT molecular complexity index is 191. The molecule has 1 aliphatic carbocycles. The van der Waals surface area contributed by atoms with Crippen LogP contribution >= 0.6 is 0 Å². The van der Waals surface area contributed by atoms with Crippen LogP contribution in [0.3, 0.4) is 0 Å². The van der Waals surface area contributed by atoms with Crippen LogP contribution in [-0.4, -0.2) is 12.1 Å². The van der Waals surface area contributed by atoms with Gasteiger partial charge in [0.2, 0.25) is 0 Å². The molecular formula is C10H16N2. The second kappa shape index (κ2) is 4.95. The van der Waals surface area contributed by atoms with Crippen molar-refractivity contribution in [1.29, 1.82) is 5.26 Å². The highest BCUT2D eigenvalue weighted by molar-refractivity contribution is 4.94. The summed E-state index contributed by atoms with van der Waals surface area (Å²) >= 11 is 0. The lowest BCUT2D eigenvalue weighted by molar-refractivity contribution is 0.421. The first kappa shape index (κ1) is 9.28. The molecule has 0 aromatic rings. The smallest absolute Gasteiger partial charge is 0.0638 e. The lowest BCUT2D eigenvalue weighted by atomic mass is 10.0. The van der Waals surface area contributed by atoms with Gasteiger partial charge in [-0.05, 0) is 26.2 Å². The van der Waals surface area contributed by atoms with Crippen LogP contribution < -0.4 is 5.32 Å². The van der Waals surface area contributed by atoms with Crippen molar-refractivity contribution in [3.8, 4) is 6.07 Å². The molecule has 0 saturated carbocycles. The lowest BCUT2D eigenvalue weighted by Gasteiger charge is -2.22. The Morgan fingerprint density at radius 3 is 3.08 bits per heavy atom. The summed E-state index contributed by atoms with van der Waals surface area (Å²) in [6.45, 7) is 2.07. The van der Waals surface area contributed by atoms with E-state index in [2.05, 4.69) is 30.5 Å². The molecule has 0 spiro atoms. The zero-order valence-electron chi connectivity index (χ0n) is 7.59. The highest BCUT2D eigenvalue weighted by atomic mass is 14.9. The third kappa shape index (κ3) is 3.06. The zero-order valence-corrected chi connectivity index (χ0v) is 7.59. The van der Waals surface area contributed by atoms with E-state index in [1.807, 2.05) is 0 Å². The molecule has 2 unspecified atom stereocenters. The van der Waals surface area contributed by atoms with Gasteiger partial charge in [0, 0.05) is 12.1 Å². The third-order valence-corrected chi connectivity index (χ3v) is 2.19. The average molecular weight is 164 g/mol. The summed E-state index contributed by atoms with van der Waals surface area (Å²) in [7, 11) is 0. The molecule has 2 heteroatoms. The molecular weight excluding hydrogens is 148 g/mol. The second-order valence-corrected chi connectivity index (χ2v) is 3.41. The van der Waals surface area contributed by atoms with Gasteiger partial charge in [0.1, 0.15) is 0 Å². The van der Waals surface area contributed by atoms with E-state index in [0.29, 0.717) is 18.5 Å². The summed E-state index contributed by atoms with van der Waals surface area (Å²) in [5.74, 6) is 0. The van der Waals surface area contributed by atoms with E-state index in [9.17, 15) is 0 Å². The van der Waals surface area contributed by atoms with Gasteiger partial charge in [0.15, 0.2) is 0 Å². The number of nitrogens with one attached hydrogen (secondary N) is 1. The minimum Gasteiger partial charge on any atom is -0.310 e. The fraction of sp³-hybridized carbons (Fsp3) is 0.700. The van der Waals surface area contributed by atoms with Crippen molar-refractivity contribution in [1.82, 2.24) is 5.32 Å². The van der Waals surface area contributed by atoms with Crippen molar-refractivity contribution in [2.24, 2.45) is 0 Å². The Labute approximate surface area is 74.3 Å². The van der Waals surface area contributed by atoms with Gasteiger partial charge in [-0.15, -0.1) is 0 Å². The number of nitrogens with zero attached hydrogens (tertiary/aromatic N) is 1. The van der Waals surface area contributed by atoms with E-state index in [4.69, 9.17) is 5.26 Å². The highest BCUT2D eigenvalue weighted by Crippen LogP contribution is 2.11. The summed E-state index contributed by atoms with van der Waals surface area (Å²) in [5.41, 5.74) is 0. The van der Waals surface area contributed by atoms with Gasteiger partial charge in [-0.3, -0.25) is 0 Å². The molecule has 0 saturated heterocycles. The van der Waals surface area contributed by atoms with Crippen LogP contribution in [0.2, 0.25) is 0 Å². The molecule has 0 aromatic carbocycles. The van der Waals surface area contributed by atoms with Crippen LogP contribution in [0.5, 0.6) is 0 Å². The highest BCUT2D eigenvalue weighted by Gasteiger charge is 2.11. The summed E-state index contributed by atoms with van der Waals surface area (Å²) in [5, 5.41) is 11.9. The first-order chi connectivity index (χ1) is 5.83. The third-order valence-electron chi connectivity index (χ3n) is 2.19. The van der Waals surface area contributed by atoms with E-state index in [-0.39, 0.29) is 0 Å². The average Bonchev–Trinajstić information content (AvgIpc) is 2.06. The van der Waals surface area contributed by atoms with E-state index >= 15 is 0 Å². The number of nitriles is 1. The molecule has 0 aromatic heterocycles. The first-order valence-corrected chi connectivity index (χ1v) is 4.61. The predicted octanol–water partition coefficient (Wildman–Crippen LogP) is 1.99. The fourth-order valence-corrected chi connectivity index (χ4v) is 1.54. The molecule has 0 heterocycles. The molecule has 0 radical (unpaired) electrons. The van der Waals surface area contributed by atoms with Crippen molar-refractivity contribution < 1.29 is 0 Å². The van der Waals surface area contributed by atoms with Crippen LogP contribution in [0, 0.1) is 11.3 Å². The second-order valence-electron chi connectivity index (χ2n) is 3.41. The zero-order chi connectivity index (χ0) is 8.81. The van der Waals surface area contributed by atoms with Crippen molar-refractivity contribution in [2.45, 2.75) is 44.7 Å². The maximum absolute atomic E-state index is 8.46. The summed E-state index contributed by atoms with van der Waals surface area (Å²) < 4.78 is 0. The standard InChI is InChI=1S/C10H16N2/c1-9(7-8-11)12-10-5-3-2-4-6-10/h2-3,9-10,12H,4-7H2,1H3. The Hall–Kier alpha value is -0.810. The van der Waals surface area contributed by atoms with Gasteiger partial charge in [0.05, 0.1) is 12.5 Å². The molecule has 0 amide bonds. The molecule has 0 bridgehead atoms. The minimum atomic E-state index is 0.339. The first-order valence-electron chi connectivity index (χ1n) is 4.61. The predicted molar refractivity (Wildman–Crippen MR) is 49.6 cm³/mol. The van der Waals surface area contributed by atoms with Crippen LogP contribution in [0.1, 0.15) is 32.6 Å². The molecule has 1 N–H and O–H groups in total. The molecule has 0 fully saturated rings. The number of rotatable bonds is 3. The summed E-state index contributed by atoms with van der Waals surface area (Å²) in [4.78, 5) is 0. The van der Waals surface area contributed by atoms with E-state index < -0.39 is 0 Å². The van der Waals surface area contributed by atoms with E-state index in [1.165, 1.54) is 12.8 Å². The van der Waals surface area contributed by atoms with Gasteiger partial charge in [0.25, 0.3) is 0 Å². The topological polar surface area (TPSA) is 35.8 Å². The largest absolute Gasteiger partial charge is 0.310 e. The van der Waals surface area contributed by atoms with Crippen molar-refractivity contribution >= 4 is 0 Å². The molecule has 1 aliphatic rings. The number of allylic oxidation sites excluding steroid dienone is 1. The fourth-order valence-electron chi connectivity index (χ4n) is 1.54. The molecule has 66 valence electrons. The van der Waals surface area contributed by atoms with Crippen LogP contribution in [0.15, 0.2) is 12.2 Å². The van der Waals surface area contributed by atoms with Crippen molar-refractivity contribution in [3.05, 3.63) is 12.2 Å². The van der Waals surface area contributed by atoms with Gasteiger partial charge in [-0.25, -0.2) is 0 Å². The molecule has 0 aliphatic heterocycles. The number of hydrogen-bond donors (Lipinski definition) is 1. The monoisotopic (exact) mass is 164 g/mol. The van der Waals surface area contributed by atoms with Gasteiger partial charge in [-0.2, -0.15) is 5.26 Å². The quantitative estimate of drug-likeness (QED) is 0.647. The Balaban J connectivity index is 2.22. The maximum atomic E-state index is 8.46. The number of hydrogen-bond acceptors (Lipinski definition) is 2. The van der Waals surface area contributed by atoms with Crippen LogP contribution in [0.25, 0.3) is 0 Å². The van der Waals surface area contributed by atoms with Crippen molar-refractivity contribution in [2.75, 3.05) is 0 Å². The summed E-state index contributed by atoms with van der Waals surface area (Å²) in [6.07, 6.45) is 8.58. The van der Waals surface area contributed by atoms with Crippen LogP contribution in [0.4, 0.5) is 0 Å². The maximum Gasteiger partial charge on any atom is 0.0638 e. The molecule has 2 atom stereocenters. The van der Waals surface area contributed by atoms with Crippen LogP contribution in [-0.2, 0) is 0 Å². The Morgan fingerprint density at radius 2 is 2.50 bits per heavy atom. The lowest BCUT2D eigenvalue weighted by Crippen LogP contribution is -2.36. The Morgan fingerprint density at radius 1 is 1.67 bits per heavy atom. The van der Waals surface area contributed by atoms with Gasteiger partial charge in [-0.1, -0.05) is 12.2 Å². The summed E-state index contributed by atoms with van der Waals surface area (Å²) in [6, 6.07) is 3.11. The molecule has 2 nitrogen and oxygen atoms in total. The minimum absolute atomic E-state index is 0.339. The van der Waals surface area contributed by atoms with E-state index in [0.717, 1.165) is 6.42 Å². The van der Waals surface area contributed by atoms with E-state index in [1.54, 1.807) is 0 Å². The molecule has 1 rings (SSSR count). The SMILES string of the molecule is CC(CC#N)NC1CC=CCC1. The Kier molecular flexibility index (Phi) is 3.83. The van der Waals surface area contributed by atoms with Crippen molar-refractivity contribution in [3.63, 3.8) is 0 Å². The normalized spacial score (nSPS) is 24.8. The van der Waals surface area contributed by atoms with Gasteiger partial charge < -0.3 is 5.32 Å². The van der Waals surface area contributed by atoms with Gasteiger partial charge >= 0.3 is 0 Å².